The van der Waals surface area contributed by atoms with E-state index in [0.29, 0.717) is 12.8 Å². The monoisotopic (exact) mass is 444 g/mol. The predicted octanol–water partition coefficient (Wildman–Crippen LogP) is 3.98. The van der Waals surface area contributed by atoms with Gasteiger partial charge in [0.15, 0.2) is 0 Å². The Labute approximate surface area is 183 Å². The normalized spacial score (nSPS) is 18.9. The van der Waals surface area contributed by atoms with Crippen LogP contribution in [0.4, 0.5) is 4.39 Å². The molecule has 1 amide bonds. The van der Waals surface area contributed by atoms with E-state index in [4.69, 9.17) is 0 Å². The van der Waals surface area contributed by atoms with Crippen molar-refractivity contribution in [1.82, 2.24) is 9.62 Å². The van der Waals surface area contributed by atoms with E-state index < -0.39 is 15.8 Å². The van der Waals surface area contributed by atoms with Crippen molar-refractivity contribution in [3.63, 3.8) is 0 Å². The molecule has 4 rings (SSSR count). The third-order valence-corrected chi connectivity index (χ3v) is 8.42. The van der Waals surface area contributed by atoms with E-state index >= 15 is 0 Å². The smallest absolute Gasteiger partial charge is 0.243 e. The van der Waals surface area contributed by atoms with Gasteiger partial charge in [-0.05, 0) is 86.4 Å². The number of carbonyl (C=O) groups is 1. The fraction of sp³-hybridized carbons (Fsp3) is 0.458. The molecular weight excluding hydrogens is 415 g/mol. The third-order valence-electron chi connectivity index (χ3n) is 6.51. The van der Waals surface area contributed by atoms with Crippen LogP contribution in [0.1, 0.15) is 55.3 Å². The second-order valence-electron chi connectivity index (χ2n) is 8.60. The van der Waals surface area contributed by atoms with Crippen LogP contribution in [-0.2, 0) is 27.7 Å². The molecule has 0 radical (unpaired) electrons. The standard InChI is InChI=1S/C24H29FN2O3S/c1-17(20-7-6-18-4-2-3-5-21(18)16-20)26-24(28)19-12-14-27(15-13-19)31(29,30)23-10-8-22(25)9-11-23/h6-11,16-17,19H,2-5,12-15H2,1H3,(H,26,28). The summed E-state index contributed by atoms with van der Waals surface area (Å²) in [5, 5.41) is 3.12. The Kier molecular flexibility index (Phi) is 6.44. The second-order valence-corrected chi connectivity index (χ2v) is 10.5. The average Bonchev–Trinajstić information content (AvgIpc) is 2.79. The summed E-state index contributed by atoms with van der Waals surface area (Å²) in [6.07, 6.45) is 5.65. The first-order chi connectivity index (χ1) is 14.8. The summed E-state index contributed by atoms with van der Waals surface area (Å²) in [6, 6.07) is 11.3. The van der Waals surface area contributed by atoms with E-state index in [0.717, 1.165) is 30.5 Å². The molecule has 0 bridgehead atoms. The van der Waals surface area contributed by atoms with Gasteiger partial charge in [0.25, 0.3) is 0 Å². The molecular formula is C24H29FN2O3S. The summed E-state index contributed by atoms with van der Waals surface area (Å²) in [5.41, 5.74) is 3.93. The van der Waals surface area contributed by atoms with Crippen LogP contribution in [0.25, 0.3) is 0 Å². The number of carbonyl (C=O) groups excluding carboxylic acids is 1. The number of sulfonamides is 1. The van der Waals surface area contributed by atoms with Crippen molar-refractivity contribution in [3.8, 4) is 0 Å². The minimum atomic E-state index is -3.67. The molecule has 1 unspecified atom stereocenters. The molecule has 1 N–H and O–H groups in total. The summed E-state index contributed by atoms with van der Waals surface area (Å²) >= 11 is 0. The van der Waals surface area contributed by atoms with E-state index in [9.17, 15) is 17.6 Å². The number of hydrogen-bond acceptors (Lipinski definition) is 3. The zero-order valence-electron chi connectivity index (χ0n) is 17.8. The Balaban J connectivity index is 1.34. The van der Waals surface area contributed by atoms with Gasteiger partial charge >= 0.3 is 0 Å². The highest BCUT2D eigenvalue weighted by molar-refractivity contribution is 7.89. The van der Waals surface area contributed by atoms with Gasteiger partial charge in [-0.25, -0.2) is 12.8 Å². The van der Waals surface area contributed by atoms with Gasteiger partial charge in [0.05, 0.1) is 10.9 Å². The molecule has 5 nitrogen and oxygen atoms in total. The Morgan fingerprint density at radius 1 is 1.03 bits per heavy atom. The number of nitrogens with zero attached hydrogens (tertiary/aromatic N) is 1. The van der Waals surface area contributed by atoms with Gasteiger partial charge in [-0.15, -0.1) is 0 Å². The second kappa shape index (κ2) is 9.09. The topological polar surface area (TPSA) is 66.5 Å². The number of fused-ring (bicyclic) bond motifs is 1. The minimum absolute atomic E-state index is 0.0240. The highest BCUT2D eigenvalue weighted by Crippen LogP contribution is 2.27. The van der Waals surface area contributed by atoms with Crippen LogP contribution in [0, 0.1) is 11.7 Å². The van der Waals surface area contributed by atoms with Crippen molar-refractivity contribution in [1.29, 1.82) is 0 Å². The Bertz CT molecular complexity index is 1040. The van der Waals surface area contributed by atoms with Crippen molar-refractivity contribution in [3.05, 3.63) is 65.0 Å². The van der Waals surface area contributed by atoms with Crippen molar-refractivity contribution < 1.29 is 17.6 Å². The summed E-state index contributed by atoms with van der Waals surface area (Å²) in [6.45, 7) is 2.56. The SMILES string of the molecule is CC(NC(=O)C1CCN(S(=O)(=O)c2ccc(F)cc2)CC1)c1ccc2c(c1)CCCC2. The molecule has 1 aliphatic heterocycles. The Hall–Kier alpha value is -2.25. The van der Waals surface area contributed by atoms with Crippen molar-refractivity contribution >= 4 is 15.9 Å². The quantitative estimate of drug-likeness (QED) is 0.759. The van der Waals surface area contributed by atoms with Crippen LogP contribution in [0.2, 0.25) is 0 Å². The molecule has 1 aliphatic carbocycles. The first kappa shape index (κ1) is 22.0. The first-order valence-electron chi connectivity index (χ1n) is 11.0. The van der Waals surface area contributed by atoms with Gasteiger partial charge in [0.2, 0.25) is 15.9 Å². The van der Waals surface area contributed by atoms with Crippen LogP contribution in [0.3, 0.4) is 0 Å². The van der Waals surface area contributed by atoms with Crippen LogP contribution < -0.4 is 5.32 Å². The van der Waals surface area contributed by atoms with E-state index in [1.165, 1.54) is 40.4 Å². The number of piperidine rings is 1. The molecule has 0 spiro atoms. The molecule has 1 saturated heterocycles. The Morgan fingerprint density at radius 2 is 1.68 bits per heavy atom. The van der Waals surface area contributed by atoms with Crippen molar-refractivity contribution in [2.75, 3.05) is 13.1 Å². The van der Waals surface area contributed by atoms with Gasteiger partial charge in [0.1, 0.15) is 5.82 Å². The number of benzene rings is 2. The van der Waals surface area contributed by atoms with Crippen LogP contribution in [0.5, 0.6) is 0 Å². The van der Waals surface area contributed by atoms with Crippen LogP contribution >= 0.6 is 0 Å². The van der Waals surface area contributed by atoms with E-state index in [-0.39, 0.29) is 35.9 Å². The lowest BCUT2D eigenvalue weighted by molar-refractivity contribution is -0.126. The summed E-state index contributed by atoms with van der Waals surface area (Å²) in [5.74, 6) is -0.703. The average molecular weight is 445 g/mol. The third kappa shape index (κ3) is 4.83. The van der Waals surface area contributed by atoms with Gasteiger partial charge in [-0.1, -0.05) is 18.2 Å². The number of hydrogen-bond donors (Lipinski definition) is 1. The molecule has 0 aromatic heterocycles. The van der Waals surface area contributed by atoms with Gasteiger partial charge < -0.3 is 5.32 Å². The van der Waals surface area contributed by atoms with E-state index in [1.807, 2.05) is 6.92 Å². The number of amides is 1. The van der Waals surface area contributed by atoms with Crippen LogP contribution in [0.15, 0.2) is 47.4 Å². The number of halogens is 1. The number of aryl methyl sites for hydroxylation is 2. The lowest BCUT2D eigenvalue weighted by atomic mass is 9.89. The van der Waals surface area contributed by atoms with Crippen LogP contribution in [-0.4, -0.2) is 31.7 Å². The Morgan fingerprint density at radius 3 is 2.35 bits per heavy atom. The molecule has 1 fully saturated rings. The fourth-order valence-electron chi connectivity index (χ4n) is 4.55. The van der Waals surface area contributed by atoms with E-state index in [1.54, 1.807) is 0 Å². The number of nitrogens with one attached hydrogen (secondary N) is 1. The van der Waals surface area contributed by atoms with Gasteiger partial charge in [-0.2, -0.15) is 4.31 Å². The largest absolute Gasteiger partial charge is 0.349 e. The molecule has 166 valence electrons. The van der Waals surface area contributed by atoms with Crippen molar-refractivity contribution in [2.24, 2.45) is 5.92 Å². The van der Waals surface area contributed by atoms with Gasteiger partial charge in [-0.3, -0.25) is 4.79 Å². The highest BCUT2D eigenvalue weighted by Gasteiger charge is 2.32. The van der Waals surface area contributed by atoms with Crippen molar-refractivity contribution in [2.45, 2.75) is 56.4 Å². The molecule has 2 aromatic carbocycles. The lowest BCUT2D eigenvalue weighted by Gasteiger charge is -2.31. The minimum Gasteiger partial charge on any atom is -0.349 e. The zero-order chi connectivity index (χ0) is 22.0. The molecule has 2 aliphatic rings. The number of rotatable bonds is 5. The summed E-state index contributed by atoms with van der Waals surface area (Å²) in [7, 11) is -3.67. The summed E-state index contributed by atoms with van der Waals surface area (Å²) < 4.78 is 40.0. The fourth-order valence-corrected chi connectivity index (χ4v) is 6.02. The summed E-state index contributed by atoms with van der Waals surface area (Å²) in [4.78, 5) is 12.9. The maximum absolute atomic E-state index is 13.1. The molecule has 7 heteroatoms. The van der Waals surface area contributed by atoms with E-state index in [2.05, 4.69) is 23.5 Å². The molecule has 1 atom stereocenters. The first-order valence-corrected chi connectivity index (χ1v) is 12.5. The molecule has 0 saturated carbocycles. The maximum Gasteiger partial charge on any atom is 0.243 e. The molecule has 2 aromatic rings. The molecule has 1 heterocycles. The zero-order valence-corrected chi connectivity index (χ0v) is 18.6. The maximum atomic E-state index is 13.1. The highest BCUT2D eigenvalue weighted by atomic mass is 32.2. The molecule has 31 heavy (non-hydrogen) atoms. The van der Waals surface area contributed by atoms with Gasteiger partial charge in [0, 0.05) is 19.0 Å². The lowest BCUT2D eigenvalue weighted by Crippen LogP contribution is -2.43. The predicted molar refractivity (Wildman–Crippen MR) is 118 cm³/mol.